The Kier molecular flexibility index (Phi) is 3.56. The molecule has 0 unspecified atom stereocenters. The van der Waals surface area contributed by atoms with E-state index in [9.17, 15) is 10.1 Å². The molecule has 0 spiro atoms. The van der Waals surface area contributed by atoms with Gasteiger partial charge in [0.15, 0.2) is 0 Å². The van der Waals surface area contributed by atoms with Gasteiger partial charge in [0.25, 0.3) is 5.69 Å². The molecule has 0 aromatic heterocycles. The molecular formula is C10H10N2O3. The minimum atomic E-state index is -0.461. The smallest absolute Gasteiger partial charge is 0.270 e. The zero-order chi connectivity index (χ0) is 11.3. The summed E-state index contributed by atoms with van der Waals surface area (Å²) in [5.74, 6) is 0. The first-order valence-corrected chi connectivity index (χ1v) is 4.17. The van der Waals surface area contributed by atoms with Gasteiger partial charge in [0.1, 0.15) is 12.8 Å². The Morgan fingerprint density at radius 1 is 1.67 bits per heavy atom. The topological polar surface area (TPSA) is 64.7 Å². The Labute approximate surface area is 86.8 Å². The van der Waals surface area contributed by atoms with Gasteiger partial charge in [-0.1, -0.05) is 23.9 Å². The van der Waals surface area contributed by atoms with Crippen molar-refractivity contribution in [3.63, 3.8) is 0 Å². The molecule has 0 saturated carbocycles. The van der Waals surface area contributed by atoms with E-state index in [-0.39, 0.29) is 5.69 Å². The molecule has 0 radical (unpaired) electrons. The molecule has 0 aliphatic rings. The van der Waals surface area contributed by atoms with Crippen LogP contribution >= 0.6 is 0 Å². The maximum atomic E-state index is 10.5. The molecule has 0 aliphatic carbocycles. The minimum absolute atomic E-state index is 0.0122. The predicted molar refractivity (Wildman–Crippen MR) is 56.8 cm³/mol. The van der Waals surface area contributed by atoms with Gasteiger partial charge < -0.3 is 4.84 Å². The van der Waals surface area contributed by atoms with Crippen LogP contribution in [0.4, 0.5) is 5.69 Å². The Bertz CT molecular complexity index is 413. The maximum absolute atomic E-state index is 10.5. The molecule has 78 valence electrons. The summed E-state index contributed by atoms with van der Waals surface area (Å²) in [6.07, 6.45) is 1.47. The largest absolute Gasteiger partial charge is 0.399 e. The first-order valence-electron chi connectivity index (χ1n) is 4.17. The molecule has 1 rings (SSSR count). The highest BCUT2D eigenvalue weighted by molar-refractivity contribution is 6.08. The zero-order valence-corrected chi connectivity index (χ0v) is 8.21. The second kappa shape index (κ2) is 4.90. The third-order valence-electron chi connectivity index (χ3n) is 1.74. The maximum Gasteiger partial charge on any atom is 0.270 e. The first-order chi connectivity index (χ1) is 7.19. The summed E-state index contributed by atoms with van der Waals surface area (Å²) >= 11 is 0. The van der Waals surface area contributed by atoms with E-state index >= 15 is 0 Å². The number of nitro groups is 1. The second-order valence-corrected chi connectivity index (χ2v) is 2.67. The lowest BCUT2D eigenvalue weighted by atomic mass is 10.1. The van der Waals surface area contributed by atoms with Crippen molar-refractivity contribution in [3.05, 3.63) is 52.6 Å². The Balaban J connectivity index is 3.14. The Morgan fingerprint density at radius 3 is 2.93 bits per heavy atom. The van der Waals surface area contributed by atoms with Crippen LogP contribution in [0.2, 0.25) is 0 Å². The van der Waals surface area contributed by atoms with Gasteiger partial charge in [-0.15, -0.1) is 0 Å². The monoisotopic (exact) mass is 206 g/mol. The Hall–Kier alpha value is -2.17. The molecule has 0 aliphatic heterocycles. The number of rotatable bonds is 4. The molecule has 0 N–H and O–H groups in total. The molecule has 0 atom stereocenters. The van der Waals surface area contributed by atoms with E-state index in [1.54, 1.807) is 12.1 Å². The molecule has 5 nitrogen and oxygen atoms in total. The van der Waals surface area contributed by atoms with Gasteiger partial charge in [0.2, 0.25) is 0 Å². The molecule has 1 aromatic rings. The molecule has 0 heterocycles. The van der Waals surface area contributed by atoms with Crippen molar-refractivity contribution in [1.29, 1.82) is 0 Å². The molecule has 0 bridgehead atoms. The summed E-state index contributed by atoms with van der Waals surface area (Å²) in [6.45, 7) is 3.55. The van der Waals surface area contributed by atoms with Crippen molar-refractivity contribution in [2.75, 3.05) is 7.11 Å². The molecule has 15 heavy (non-hydrogen) atoms. The van der Waals surface area contributed by atoms with Crippen LogP contribution in [0.25, 0.3) is 0 Å². The van der Waals surface area contributed by atoms with Gasteiger partial charge in [-0.25, -0.2) is 0 Å². The van der Waals surface area contributed by atoms with Crippen LogP contribution in [0, 0.1) is 10.1 Å². The number of hydrogen-bond acceptors (Lipinski definition) is 4. The lowest BCUT2D eigenvalue weighted by molar-refractivity contribution is -0.384. The second-order valence-electron chi connectivity index (χ2n) is 2.67. The van der Waals surface area contributed by atoms with Crippen LogP contribution in [0.5, 0.6) is 0 Å². The van der Waals surface area contributed by atoms with Crippen molar-refractivity contribution < 1.29 is 9.76 Å². The SMILES string of the molecule is C=C/C(=N\OC)c1cccc([N+](=O)[O-])c1. The van der Waals surface area contributed by atoms with Gasteiger partial charge in [0, 0.05) is 17.7 Å². The molecule has 1 aromatic carbocycles. The van der Waals surface area contributed by atoms with Crippen LogP contribution in [-0.2, 0) is 4.84 Å². The van der Waals surface area contributed by atoms with E-state index < -0.39 is 4.92 Å². The first kappa shape index (κ1) is 10.9. The van der Waals surface area contributed by atoms with Gasteiger partial charge in [0.05, 0.1) is 4.92 Å². The van der Waals surface area contributed by atoms with E-state index in [0.29, 0.717) is 11.3 Å². The third kappa shape index (κ3) is 2.63. The average Bonchev–Trinajstić information content (AvgIpc) is 2.26. The number of benzene rings is 1. The predicted octanol–water partition coefficient (Wildman–Crippen LogP) is 2.13. The fraction of sp³-hybridized carbons (Fsp3) is 0.100. The molecule has 0 amide bonds. The highest BCUT2D eigenvalue weighted by Crippen LogP contribution is 2.14. The van der Waals surface area contributed by atoms with Crippen LogP contribution in [-0.4, -0.2) is 17.7 Å². The number of hydrogen-bond donors (Lipinski definition) is 0. The van der Waals surface area contributed by atoms with E-state index in [1.807, 2.05) is 0 Å². The van der Waals surface area contributed by atoms with Crippen molar-refractivity contribution >= 4 is 11.4 Å². The number of oxime groups is 1. The van der Waals surface area contributed by atoms with Crippen molar-refractivity contribution in [2.24, 2.45) is 5.16 Å². The fourth-order valence-electron chi connectivity index (χ4n) is 1.08. The number of non-ortho nitro benzene ring substituents is 1. The molecule has 5 heteroatoms. The Morgan fingerprint density at radius 2 is 2.40 bits per heavy atom. The van der Waals surface area contributed by atoms with E-state index in [0.717, 1.165) is 0 Å². The minimum Gasteiger partial charge on any atom is -0.399 e. The lowest BCUT2D eigenvalue weighted by Crippen LogP contribution is -1.98. The highest BCUT2D eigenvalue weighted by atomic mass is 16.6. The van der Waals surface area contributed by atoms with Crippen LogP contribution in [0.15, 0.2) is 42.1 Å². The number of nitrogens with zero attached hydrogens (tertiary/aromatic N) is 2. The average molecular weight is 206 g/mol. The molecule has 0 fully saturated rings. The quantitative estimate of drug-likeness (QED) is 0.430. The fourth-order valence-corrected chi connectivity index (χ4v) is 1.08. The van der Waals surface area contributed by atoms with Crippen LogP contribution in [0.1, 0.15) is 5.56 Å². The van der Waals surface area contributed by atoms with Crippen molar-refractivity contribution in [2.45, 2.75) is 0 Å². The summed E-state index contributed by atoms with van der Waals surface area (Å²) in [6, 6.07) is 6.12. The normalized spacial score (nSPS) is 10.9. The molecular weight excluding hydrogens is 196 g/mol. The number of allylic oxidation sites excluding steroid dienone is 1. The lowest BCUT2D eigenvalue weighted by Gasteiger charge is -1.99. The standard InChI is InChI=1S/C10H10N2O3/c1-3-10(11-15-2)8-5-4-6-9(7-8)12(13)14/h3-7H,1H2,2H3/b11-10+. The van der Waals surface area contributed by atoms with Gasteiger partial charge >= 0.3 is 0 Å². The van der Waals surface area contributed by atoms with E-state index in [4.69, 9.17) is 0 Å². The van der Waals surface area contributed by atoms with Gasteiger partial charge in [-0.2, -0.15) is 0 Å². The third-order valence-corrected chi connectivity index (χ3v) is 1.74. The summed E-state index contributed by atoms with van der Waals surface area (Å²) < 4.78 is 0. The summed E-state index contributed by atoms with van der Waals surface area (Å²) in [5.41, 5.74) is 1.07. The summed E-state index contributed by atoms with van der Waals surface area (Å²) in [7, 11) is 1.40. The van der Waals surface area contributed by atoms with Crippen molar-refractivity contribution in [3.8, 4) is 0 Å². The van der Waals surface area contributed by atoms with Crippen LogP contribution < -0.4 is 0 Å². The van der Waals surface area contributed by atoms with Gasteiger partial charge in [-0.3, -0.25) is 10.1 Å². The van der Waals surface area contributed by atoms with E-state index in [2.05, 4.69) is 16.6 Å². The van der Waals surface area contributed by atoms with Gasteiger partial charge in [-0.05, 0) is 6.08 Å². The zero-order valence-electron chi connectivity index (χ0n) is 8.21. The number of nitro benzene ring substituents is 1. The summed E-state index contributed by atoms with van der Waals surface area (Å²) in [4.78, 5) is 14.7. The van der Waals surface area contributed by atoms with E-state index in [1.165, 1.54) is 25.3 Å². The highest BCUT2D eigenvalue weighted by Gasteiger charge is 2.08. The van der Waals surface area contributed by atoms with Crippen molar-refractivity contribution in [1.82, 2.24) is 0 Å². The van der Waals surface area contributed by atoms with Crippen LogP contribution in [0.3, 0.4) is 0 Å². The summed E-state index contributed by atoms with van der Waals surface area (Å²) in [5, 5.41) is 14.2. The molecule has 0 saturated heterocycles.